The lowest BCUT2D eigenvalue weighted by molar-refractivity contribution is 0.0697. The fourth-order valence-electron chi connectivity index (χ4n) is 1.85. The highest BCUT2D eigenvalue weighted by atomic mass is 16.5. The number of hydrogen-bond acceptors (Lipinski definition) is 5. The third kappa shape index (κ3) is 6.02. The molecule has 5 heteroatoms. The zero-order chi connectivity index (χ0) is 14.1. The number of benzene rings is 1. The molecule has 0 amide bonds. The van der Waals surface area contributed by atoms with Crippen molar-refractivity contribution in [2.45, 2.75) is 6.10 Å². The van der Waals surface area contributed by atoms with Gasteiger partial charge in [-0.1, -0.05) is 12.1 Å². The van der Waals surface area contributed by atoms with Gasteiger partial charge in [-0.25, -0.2) is 0 Å². The van der Waals surface area contributed by atoms with E-state index in [9.17, 15) is 5.11 Å². The van der Waals surface area contributed by atoms with Crippen molar-refractivity contribution in [2.75, 3.05) is 52.8 Å². The van der Waals surface area contributed by atoms with Gasteiger partial charge in [0.15, 0.2) is 0 Å². The summed E-state index contributed by atoms with van der Waals surface area (Å²) in [4.78, 5) is 2.11. The number of aliphatic hydroxyl groups is 1. The molecule has 1 unspecified atom stereocenters. The molecule has 0 aliphatic rings. The normalized spacial score (nSPS) is 12.8. The second-order valence-corrected chi connectivity index (χ2v) is 4.47. The molecule has 0 aromatic heterocycles. The summed E-state index contributed by atoms with van der Waals surface area (Å²) >= 11 is 0. The van der Waals surface area contributed by atoms with Crippen molar-refractivity contribution in [3.05, 3.63) is 29.8 Å². The van der Waals surface area contributed by atoms with E-state index in [1.54, 1.807) is 20.3 Å². The van der Waals surface area contributed by atoms with Crippen LogP contribution in [0.15, 0.2) is 24.3 Å². The number of nitrogens with two attached hydrogens (primary N) is 1. The lowest BCUT2D eigenvalue weighted by Crippen LogP contribution is -2.34. The fraction of sp³-hybridized carbons (Fsp3) is 0.571. The molecule has 0 heterocycles. The molecule has 1 rings (SSSR count). The molecule has 3 N–H and O–H groups in total. The summed E-state index contributed by atoms with van der Waals surface area (Å²) in [5.41, 5.74) is 7.22. The van der Waals surface area contributed by atoms with Crippen LogP contribution in [-0.2, 0) is 9.47 Å². The minimum absolute atomic E-state index is 0.538. The maximum Gasteiger partial charge on any atom is 0.0917 e. The number of rotatable bonds is 9. The van der Waals surface area contributed by atoms with Crippen LogP contribution < -0.4 is 5.73 Å². The molecule has 0 fully saturated rings. The van der Waals surface area contributed by atoms with Crippen LogP contribution in [0.1, 0.15) is 11.7 Å². The van der Waals surface area contributed by atoms with Crippen LogP contribution in [0.2, 0.25) is 0 Å². The summed E-state index contributed by atoms with van der Waals surface area (Å²) in [7, 11) is 3.34. The molecular formula is C14H24N2O3. The highest BCUT2D eigenvalue weighted by Crippen LogP contribution is 2.16. The topological polar surface area (TPSA) is 68.0 Å². The summed E-state index contributed by atoms with van der Waals surface area (Å²) < 4.78 is 10.1. The van der Waals surface area contributed by atoms with E-state index in [1.807, 2.05) is 18.2 Å². The van der Waals surface area contributed by atoms with E-state index in [2.05, 4.69) is 4.90 Å². The predicted molar refractivity (Wildman–Crippen MR) is 76.0 cm³/mol. The summed E-state index contributed by atoms with van der Waals surface area (Å²) in [5, 5.41) is 10.2. The molecule has 1 aromatic rings. The molecule has 0 bridgehead atoms. The number of ether oxygens (including phenoxy) is 2. The number of hydrogen-bond donors (Lipinski definition) is 2. The van der Waals surface area contributed by atoms with Crippen LogP contribution in [0.4, 0.5) is 5.69 Å². The average Bonchev–Trinajstić information content (AvgIpc) is 2.41. The second kappa shape index (κ2) is 8.87. The molecule has 0 radical (unpaired) electrons. The quantitative estimate of drug-likeness (QED) is 0.651. The SMILES string of the molecule is COCCN(CCOC)CC(O)c1cccc(N)c1. The molecule has 0 spiro atoms. The predicted octanol–water partition coefficient (Wildman–Crippen LogP) is 0.897. The standard InChI is InChI=1S/C14H24N2O3/c1-18-8-6-16(7-9-19-2)11-14(17)12-4-3-5-13(15)10-12/h3-5,10,14,17H,6-9,11,15H2,1-2H3. The Bertz CT molecular complexity index is 352. The Morgan fingerprint density at radius 3 is 2.37 bits per heavy atom. The first kappa shape index (κ1) is 15.9. The van der Waals surface area contributed by atoms with Gasteiger partial charge in [0.05, 0.1) is 19.3 Å². The Labute approximate surface area is 114 Å². The third-order valence-electron chi connectivity index (χ3n) is 2.95. The molecular weight excluding hydrogens is 244 g/mol. The monoisotopic (exact) mass is 268 g/mol. The van der Waals surface area contributed by atoms with Crippen LogP contribution >= 0.6 is 0 Å². The van der Waals surface area contributed by atoms with E-state index in [0.717, 1.165) is 18.7 Å². The van der Waals surface area contributed by atoms with E-state index in [4.69, 9.17) is 15.2 Å². The van der Waals surface area contributed by atoms with Crippen molar-refractivity contribution >= 4 is 5.69 Å². The first-order chi connectivity index (χ1) is 9.17. The zero-order valence-corrected chi connectivity index (χ0v) is 11.7. The Morgan fingerprint density at radius 2 is 1.84 bits per heavy atom. The van der Waals surface area contributed by atoms with E-state index in [-0.39, 0.29) is 0 Å². The molecule has 0 saturated heterocycles. The molecule has 19 heavy (non-hydrogen) atoms. The minimum atomic E-state index is -0.558. The van der Waals surface area contributed by atoms with Gasteiger partial charge in [-0.2, -0.15) is 0 Å². The number of anilines is 1. The second-order valence-electron chi connectivity index (χ2n) is 4.47. The smallest absolute Gasteiger partial charge is 0.0917 e. The van der Waals surface area contributed by atoms with Gasteiger partial charge in [0.1, 0.15) is 0 Å². The largest absolute Gasteiger partial charge is 0.399 e. The maximum atomic E-state index is 10.2. The number of nitrogen functional groups attached to an aromatic ring is 1. The number of methoxy groups -OCH3 is 2. The van der Waals surface area contributed by atoms with Gasteiger partial charge in [-0.3, -0.25) is 4.90 Å². The third-order valence-corrected chi connectivity index (χ3v) is 2.95. The Balaban J connectivity index is 2.56. The first-order valence-corrected chi connectivity index (χ1v) is 6.41. The minimum Gasteiger partial charge on any atom is -0.399 e. The van der Waals surface area contributed by atoms with Gasteiger partial charge >= 0.3 is 0 Å². The first-order valence-electron chi connectivity index (χ1n) is 6.41. The molecule has 0 aliphatic heterocycles. The van der Waals surface area contributed by atoms with Crippen LogP contribution in [0, 0.1) is 0 Å². The molecule has 108 valence electrons. The van der Waals surface area contributed by atoms with Crippen molar-refractivity contribution < 1.29 is 14.6 Å². The van der Waals surface area contributed by atoms with Gasteiger partial charge in [-0.05, 0) is 17.7 Å². The van der Waals surface area contributed by atoms with Crippen LogP contribution in [-0.4, -0.2) is 57.1 Å². The highest BCUT2D eigenvalue weighted by Gasteiger charge is 2.13. The zero-order valence-electron chi connectivity index (χ0n) is 11.7. The Hall–Kier alpha value is -1.14. The van der Waals surface area contributed by atoms with Crippen LogP contribution in [0.5, 0.6) is 0 Å². The van der Waals surface area contributed by atoms with E-state index >= 15 is 0 Å². The maximum absolute atomic E-state index is 10.2. The Morgan fingerprint density at radius 1 is 1.21 bits per heavy atom. The van der Waals surface area contributed by atoms with Gasteiger partial charge in [0, 0.05) is 39.5 Å². The molecule has 0 saturated carbocycles. The highest BCUT2D eigenvalue weighted by molar-refractivity contribution is 5.41. The summed E-state index contributed by atoms with van der Waals surface area (Å²) in [6.45, 7) is 3.33. The van der Waals surface area contributed by atoms with Crippen LogP contribution in [0.25, 0.3) is 0 Å². The number of aliphatic hydroxyl groups excluding tert-OH is 1. The van der Waals surface area contributed by atoms with E-state index < -0.39 is 6.10 Å². The fourth-order valence-corrected chi connectivity index (χ4v) is 1.85. The van der Waals surface area contributed by atoms with Gasteiger partial charge in [0.2, 0.25) is 0 Å². The van der Waals surface area contributed by atoms with Gasteiger partial charge in [0.25, 0.3) is 0 Å². The van der Waals surface area contributed by atoms with E-state index in [0.29, 0.717) is 25.4 Å². The lowest BCUT2D eigenvalue weighted by atomic mass is 10.1. The molecule has 1 aromatic carbocycles. The van der Waals surface area contributed by atoms with Crippen molar-refractivity contribution in [1.29, 1.82) is 0 Å². The van der Waals surface area contributed by atoms with Crippen molar-refractivity contribution in [3.63, 3.8) is 0 Å². The van der Waals surface area contributed by atoms with Gasteiger partial charge < -0.3 is 20.3 Å². The van der Waals surface area contributed by atoms with Crippen molar-refractivity contribution in [1.82, 2.24) is 4.90 Å². The summed E-state index contributed by atoms with van der Waals surface area (Å²) in [6, 6.07) is 7.34. The lowest BCUT2D eigenvalue weighted by Gasteiger charge is -2.24. The summed E-state index contributed by atoms with van der Waals surface area (Å²) in [6.07, 6.45) is -0.558. The Kier molecular flexibility index (Phi) is 7.43. The summed E-state index contributed by atoms with van der Waals surface area (Å²) in [5.74, 6) is 0. The van der Waals surface area contributed by atoms with Crippen molar-refractivity contribution in [3.8, 4) is 0 Å². The van der Waals surface area contributed by atoms with Crippen LogP contribution in [0.3, 0.4) is 0 Å². The molecule has 5 nitrogen and oxygen atoms in total. The van der Waals surface area contributed by atoms with Crippen molar-refractivity contribution in [2.24, 2.45) is 0 Å². The molecule has 0 aliphatic carbocycles. The van der Waals surface area contributed by atoms with Gasteiger partial charge in [-0.15, -0.1) is 0 Å². The average molecular weight is 268 g/mol. The molecule has 1 atom stereocenters. The number of nitrogens with zero attached hydrogens (tertiary/aromatic N) is 1. The van der Waals surface area contributed by atoms with E-state index in [1.165, 1.54) is 0 Å².